The van der Waals surface area contributed by atoms with Crippen molar-refractivity contribution in [2.24, 2.45) is 0 Å². The summed E-state index contributed by atoms with van der Waals surface area (Å²) < 4.78 is 1.70. The van der Waals surface area contributed by atoms with Gasteiger partial charge in [-0.3, -0.25) is 9.36 Å². The van der Waals surface area contributed by atoms with Crippen LogP contribution in [0.25, 0.3) is 0 Å². The van der Waals surface area contributed by atoms with Gasteiger partial charge in [0.05, 0.1) is 4.88 Å². The molecule has 17 heavy (non-hydrogen) atoms. The van der Waals surface area contributed by atoms with E-state index in [0.717, 1.165) is 24.0 Å². The highest BCUT2D eigenvalue weighted by molar-refractivity contribution is 7.99. The number of aromatic amines is 1. The van der Waals surface area contributed by atoms with Crippen LogP contribution in [-0.2, 0) is 0 Å². The number of thiophene rings is 1. The Kier molecular flexibility index (Phi) is 2.64. The molecule has 0 amide bonds. The van der Waals surface area contributed by atoms with Crippen LogP contribution in [0.15, 0.2) is 26.3 Å². The number of rotatable bonds is 4. The van der Waals surface area contributed by atoms with Gasteiger partial charge in [0.1, 0.15) is 0 Å². The first-order chi connectivity index (χ1) is 8.28. The minimum Gasteiger partial charge on any atom is -0.297 e. The highest BCUT2D eigenvalue weighted by atomic mass is 32.2. The Balaban J connectivity index is 1.89. The van der Waals surface area contributed by atoms with Gasteiger partial charge in [-0.15, -0.1) is 16.4 Å². The molecule has 3 rings (SSSR count). The summed E-state index contributed by atoms with van der Waals surface area (Å²) in [5, 5.41) is 9.05. The van der Waals surface area contributed by atoms with Crippen LogP contribution in [0.3, 0.4) is 0 Å². The van der Waals surface area contributed by atoms with Crippen LogP contribution in [-0.4, -0.2) is 21.1 Å². The lowest BCUT2D eigenvalue weighted by Gasteiger charge is -2.00. The van der Waals surface area contributed by atoms with Crippen LogP contribution in [0, 0.1) is 0 Å². The second-order valence-electron chi connectivity index (χ2n) is 3.82. The second-order valence-corrected chi connectivity index (χ2v) is 5.80. The molecular weight excluding hydrogens is 258 g/mol. The number of hydrogen-bond donors (Lipinski definition) is 1. The van der Waals surface area contributed by atoms with Crippen molar-refractivity contribution in [1.82, 2.24) is 14.8 Å². The van der Waals surface area contributed by atoms with Crippen LogP contribution < -0.4 is 5.69 Å². The number of H-pyrrole nitrogens is 1. The zero-order valence-corrected chi connectivity index (χ0v) is 10.4. The molecule has 0 spiro atoms. The van der Waals surface area contributed by atoms with Gasteiger partial charge in [-0.1, -0.05) is 0 Å². The molecule has 1 aliphatic rings. The van der Waals surface area contributed by atoms with E-state index in [9.17, 15) is 9.59 Å². The summed E-state index contributed by atoms with van der Waals surface area (Å²) in [5.74, 6) is 0. The highest BCUT2D eigenvalue weighted by Crippen LogP contribution is 2.38. The Morgan fingerprint density at radius 3 is 3.06 bits per heavy atom. The van der Waals surface area contributed by atoms with Gasteiger partial charge in [0, 0.05) is 16.3 Å². The van der Waals surface area contributed by atoms with E-state index in [1.807, 2.05) is 5.38 Å². The Hall–Kier alpha value is -1.34. The van der Waals surface area contributed by atoms with Gasteiger partial charge in [0.15, 0.2) is 11.4 Å². The fraction of sp³-hybridized carbons (Fsp3) is 0.300. The van der Waals surface area contributed by atoms with E-state index in [-0.39, 0.29) is 5.69 Å². The molecule has 0 unspecified atom stereocenters. The minimum absolute atomic E-state index is 0.152. The fourth-order valence-corrected chi connectivity index (χ4v) is 3.37. The number of nitrogens with one attached hydrogen (secondary N) is 1. The summed E-state index contributed by atoms with van der Waals surface area (Å²) in [6, 6.07) is 2.10. The second kappa shape index (κ2) is 4.15. The Bertz CT molecular complexity index is 609. The van der Waals surface area contributed by atoms with Crippen molar-refractivity contribution in [1.29, 1.82) is 0 Å². The van der Waals surface area contributed by atoms with E-state index in [1.54, 1.807) is 10.6 Å². The maximum absolute atomic E-state index is 11.6. The molecule has 1 saturated carbocycles. The number of carbonyl (C=O) groups excluding carboxylic acids is 1. The van der Waals surface area contributed by atoms with Gasteiger partial charge in [-0.05, 0) is 30.7 Å². The first kappa shape index (κ1) is 10.8. The van der Waals surface area contributed by atoms with Gasteiger partial charge in [-0.2, -0.15) is 0 Å². The quantitative estimate of drug-likeness (QED) is 0.859. The molecule has 5 nitrogen and oxygen atoms in total. The predicted molar refractivity (Wildman–Crippen MR) is 64.9 cm³/mol. The molecule has 88 valence electrons. The molecule has 0 saturated heterocycles. The van der Waals surface area contributed by atoms with Crippen LogP contribution in [0.2, 0.25) is 0 Å². The van der Waals surface area contributed by atoms with Crippen molar-refractivity contribution in [2.75, 3.05) is 0 Å². The minimum atomic E-state index is -0.152. The first-order valence-electron chi connectivity index (χ1n) is 5.16. The summed E-state index contributed by atoms with van der Waals surface area (Å²) >= 11 is 2.80. The van der Waals surface area contributed by atoms with Gasteiger partial charge in [0.2, 0.25) is 0 Å². The van der Waals surface area contributed by atoms with E-state index in [4.69, 9.17) is 0 Å². The largest absolute Gasteiger partial charge is 0.344 e. The van der Waals surface area contributed by atoms with E-state index in [2.05, 4.69) is 10.2 Å². The Morgan fingerprint density at radius 2 is 2.41 bits per heavy atom. The molecule has 2 aromatic rings. The molecule has 2 heterocycles. The van der Waals surface area contributed by atoms with E-state index >= 15 is 0 Å². The summed E-state index contributed by atoms with van der Waals surface area (Å²) in [5.41, 5.74) is -0.152. The van der Waals surface area contributed by atoms with Crippen molar-refractivity contribution in [3.8, 4) is 0 Å². The molecule has 0 aromatic carbocycles. The maximum atomic E-state index is 11.6. The number of hydrogen-bond acceptors (Lipinski definition) is 5. The van der Waals surface area contributed by atoms with Crippen LogP contribution in [0.1, 0.15) is 28.6 Å². The molecular formula is C10H9N3O2S2. The van der Waals surface area contributed by atoms with Crippen molar-refractivity contribution in [2.45, 2.75) is 28.9 Å². The van der Waals surface area contributed by atoms with Gasteiger partial charge in [-0.25, -0.2) is 9.89 Å². The number of aldehydes is 1. The molecule has 0 atom stereocenters. The first-order valence-corrected chi connectivity index (χ1v) is 6.86. The zero-order chi connectivity index (χ0) is 11.8. The number of aromatic nitrogens is 3. The summed E-state index contributed by atoms with van der Waals surface area (Å²) in [6.07, 6.45) is 2.90. The molecule has 0 bridgehead atoms. The third kappa shape index (κ3) is 2.07. The molecule has 0 radical (unpaired) electrons. The molecule has 7 heteroatoms. The SMILES string of the molecule is O=Cc1cc(Sc2n[nH]c(=O)n2C2CC2)cs1. The molecule has 2 aromatic heterocycles. The Labute approximate surface area is 105 Å². The van der Waals surface area contributed by atoms with Crippen LogP contribution in [0.4, 0.5) is 0 Å². The average Bonchev–Trinajstić information content (AvgIpc) is 2.94. The van der Waals surface area contributed by atoms with Crippen molar-refractivity contribution in [3.05, 3.63) is 26.8 Å². The van der Waals surface area contributed by atoms with Crippen molar-refractivity contribution < 1.29 is 4.79 Å². The van der Waals surface area contributed by atoms with E-state index in [0.29, 0.717) is 16.1 Å². The van der Waals surface area contributed by atoms with E-state index in [1.165, 1.54) is 23.1 Å². The van der Waals surface area contributed by atoms with Gasteiger partial charge in [0.25, 0.3) is 0 Å². The summed E-state index contributed by atoms with van der Waals surface area (Å²) in [6.45, 7) is 0. The Morgan fingerprint density at radius 1 is 1.59 bits per heavy atom. The smallest absolute Gasteiger partial charge is 0.297 e. The summed E-state index contributed by atoms with van der Waals surface area (Å²) in [4.78, 5) is 23.8. The molecule has 1 aliphatic carbocycles. The molecule has 1 fully saturated rings. The normalized spacial score (nSPS) is 15.1. The van der Waals surface area contributed by atoms with Gasteiger partial charge >= 0.3 is 5.69 Å². The van der Waals surface area contributed by atoms with Crippen LogP contribution >= 0.6 is 23.1 Å². The number of carbonyl (C=O) groups is 1. The lowest BCUT2D eigenvalue weighted by atomic mass is 10.5. The van der Waals surface area contributed by atoms with E-state index < -0.39 is 0 Å². The predicted octanol–water partition coefficient (Wildman–Crippen LogP) is 1.93. The monoisotopic (exact) mass is 267 g/mol. The summed E-state index contributed by atoms with van der Waals surface area (Å²) in [7, 11) is 0. The fourth-order valence-electron chi connectivity index (χ4n) is 1.57. The van der Waals surface area contributed by atoms with Crippen molar-refractivity contribution >= 4 is 29.4 Å². The highest BCUT2D eigenvalue weighted by Gasteiger charge is 2.28. The van der Waals surface area contributed by atoms with Crippen LogP contribution in [0.5, 0.6) is 0 Å². The topological polar surface area (TPSA) is 67.8 Å². The lowest BCUT2D eigenvalue weighted by molar-refractivity contribution is 0.112. The van der Waals surface area contributed by atoms with Gasteiger partial charge < -0.3 is 0 Å². The zero-order valence-electron chi connectivity index (χ0n) is 8.75. The molecule has 1 N–H and O–H groups in total. The maximum Gasteiger partial charge on any atom is 0.344 e. The standard InChI is InChI=1S/C10H9N3O2S2/c14-4-7-3-8(5-16-7)17-10-12-11-9(15)13(10)6-1-2-6/h3-6H,1-2H2,(H,11,15). The van der Waals surface area contributed by atoms with Crippen molar-refractivity contribution in [3.63, 3.8) is 0 Å². The third-order valence-corrected chi connectivity index (χ3v) is 4.45. The number of nitrogens with zero attached hydrogens (tertiary/aromatic N) is 2. The molecule has 0 aliphatic heterocycles. The average molecular weight is 267 g/mol. The lowest BCUT2D eigenvalue weighted by Crippen LogP contribution is -2.15. The third-order valence-electron chi connectivity index (χ3n) is 2.51.